The van der Waals surface area contributed by atoms with Crippen LogP contribution in [0, 0.1) is 23.2 Å². The number of anilines is 1. The van der Waals surface area contributed by atoms with Crippen LogP contribution in [0.1, 0.15) is 57.9 Å². The van der Waals surface area contributed by atoms with Crippen LogP contribution in [0.3, 0.4) is 0 Å². The summed E-state index contributed by atoms with van der Waals surface area (Å²) in [5, 5.41) is 11.2. The smallest absolute Gasteiger partial charge is 0.155 e. The van der Waals surface area contributed by atoms with Gasteiger partial charge in [-0.1, -0.05) is 12.5 Å². The van der Waals surface area contributed by atoms with Crippen molar-refractivity contribution in [2.75, 3.05) is 5.32 Å². The largest absolute Gasteiger partial charge is 0.365 e. The molecule has 128 valence electrons. The first-order valence-corrected chi connectivity index (χ1v) is 9.54. The molecule has 4 aliphatic rings. The number of hydrogen-bond acceptors (Lipinski definition) is 3. The van der Waals surface area contributed by atoms with E-state index in [1.54, 1.807) is 0 Å². The van der Waals surface area contributed by atoms with Crippen molar-refractivity contribution < 1.29 is 4.79 Å². The van der Waals surface area contributed by atoms with Crippen LogP contribution in [0.5, 0.6) is 0 Å². The Morgan fingerprint density at radius 1 is 1.17 bits per heavy atom. The molecule has 4 nitrogen and oxygen atoms in total. The number of aromatic nitrogens is 2. The lowest BCUT2D eigenvalue weighted by atomic mass is 9.47. The van der Waals surface area contributed by atoms with Gasteiger partial charge >= 0.3 is 0 Å². The molecule has 0 amide bonds. The third-order valence-electron chi connectivity index (χ3n) is 7.92. The van der Waals surface area contributed by atoms with Crippen LogP contribution in [0.25, 0.3) is 0 Å². The minimum Gasteiger partial charge on any atom is -0.365 e. The fourth-order valence-electron chi connectivity index (χ4n) is 6.51. The first-order valence-electron chi connectivity index (χ1n) is 9.54. The van der Waals surface area contributed by atoms with Crippen LogP contribution in [-0.2, 0) is 11.2 Å². The van der Waals surface area contributed by atoms with Gasteiger partial charge in [0.1, 0.15) is 5.82 Å². The van der Waals surface area contributed by atoms with Gasteiger partial charge in [0.05, 0.1) is 6.20 Å². The third kappa shape index (κ3) is 1.86. The molecule has 3 aliphatic carbocycles. The molecule has 0 unspecified atom stereocenters. The number of H-pyrrole nitrogens is 1. The summed E-state index contributed by atoms with van der Waals surface area (Å²) in [6, 6.07) is 0. The van der Waals surface area contributed by atoms with Crippen molar-refractivity contribution >= 4 is 11.6 Å². The maximum absolute atomic E-state index is 11.9. The van der Waals surface area contributed by atoms with Gasteiger partial charge in [0.2, 0.25) is 0 Å². The fourth-order valence-corrected chi connectivity index (χ4v) is 6.51. The number of nitrogens with one attached hydrogen (secondary N) is 2. The molecule has 1 aromatic rings. The maximum atomic E-state index is 11.9. The van der Waals surface area contributed by atoms with Gasteiger partial charge in [-0.3, -0.25) is 9.89 Å². The lowest BCUT2D eigenvalue weighted by molar-refractivity contribution is -0.117. The zero-order valence-corrected chi connectivity index (χ0v) is 14.7. The van der Waals surface area contributed by atoms with E-state index in [2.05, 4.69) is 29.4 Å². The number of allylic oxidation sites excluding steroid dienone is 2. The molecular weight excluding hydrogens is 298 g/mol. The summed E-state index contributed by atoms with van der Waals surface area (Å²) in [6.45, 7) is 4.86. The topological polar surface area (TPSA) is 57.8 Å². The van der Waals surface area contributed by atoms with Crippen LogP contribution in [0.4, 0.5) is 5.82 Å². The molecule has 2 N–H and O–H groups in total. The van der Waals surface area contributed by atoms with E-state index < -0.39 is 0 Å². The van der Waals surface area contributed by atoms with E-state index in [1.807, 2.05) is 12.3 Å². The van der Waals surface area contributed by atoms with Crippen molar-refractivity contribution in [3.05, 3.63) is 23.4 Å². The number of carbonyl (C=O) groups is 1. The summed E-state index contributed by atoms with van der Waals surface area (Å²) in [6.07, 6.45) is 11.8. The van der Waals surface area contributed by atoms with Crippen molar-refractivity contribution in [1.29, 1.82) is 0 Å². The van der Waals surface area contributed by atoms with Gasteiger partial charge in [-0.25, -0.2) is 0 Å². The molecule has 5 rings (SSSR count). The van der Waals surface area contributed by atoms with E-state index in [4.69, 9.17) is 0 Å². The molecule has 24 heavy (non-hydrogen) atoms. The highest BCUT2D eigenvalue weighted by atomic mass is 16.1. The van der Waals surface area contributed by atoms with Crippen molar-refractivity contribution in [2.45, 2.75) is 64.3 Å². The molecule has 4 heteroatoms. The molecule has 1 aromatic heterocycles. The molecule has 0 saturated heterocycles. The highest BCUT2D eigenvalue weighted by molar-refractivity contribution is 5.91. The average Bonchev–Trinajstić information content (AvgIpc) is 2.99. The van der Waals surface area contributed by atoms with Gasteiger partial charge in [0, 0.05) is 17.5 Å². The molecule has 1 aliphatic heterocycles. The van der Waals surface area contributed by atoms with E-state index in [-0.39, 0.29) is 11.0 Å². The summed E-state index contributed by atoms with van der Waals surface area (Å²) in [5.74, 6) is 3.66. The third-order valence-corrected chi connectivity index (χ3v) is 7.92. The van der Waals surface area contributed by atoms with Gasteiger partial charge in [0.25, 0.3) is 0 Å². The first-order chi connectivity index (χ1) is 11.5. The van der Waals surface area contributed by atoms with Crippen molar-refractivity contribution in [2.24, 2.45) is 23.2 Å². The van der Waals surface area contributed by atoms with Crippen molar-refractivity contribution in [3.63, 3.8) is 0 Å². The molecule has 0 spiro atoms. The Morgan fingerprint density at radius 3 is 2.92 bits per heavy atom. The molecule has 2 fully saturated rings. The van der Waals surface area contributed by atoms with Crippen LogP contribution in [-0.4, -0.2) is 21.5 Å². The average molecular weight is 325 g/mol. The van der Waals surface area contributed by atoms with E-state index >= 15 is 0 Å². The van der Waals surface area contributed by atoms with Gasteiger partial charge in [-0.05, 0) is 74.7 Å². The van der Waals surface area contributed by atoms with Gasteiger partial charge in [0.15, 0.2) is 5.78 Å². The summed E-state index contributed by atoms with van der Waals surface area (Å²) < 4.78 is 0. The minimum atomic E-state index is 0.183. The zero-order valence-electron chi connectivity index (χ0n) is 14.7. The van der Waals surface area contributed by atoms with Crippen molar-refractivity contribution in [1.82, 2.24) is 10.2 Å². The number of ketones is 1. The van der Waals surface area contributed by atoms with Crippen molar-refractivity contribution in [3.8, 4) is 0 Å². The second-order valence-corrected chi connectivity index (χ2v) is 9.02. The number of fused-ring (bicyclic) bond motifs is 6. The monoisotopic (exact) mass is 325 g/mol. The lowest BCUT2D eigenvalue weighted by Crippen LogP contribution is -2.58. The molecule has 0 aromatic carbocycles. The Kier molecular flexibility index (Phi) is 2.91. The summed E-state index contributed by atoms with van der Waals surface area (Å²) in [4.78, 5) is 11.9. The van der Waals surface area contributed by atoms with E-state index in [0.29, 0.717) is 11.7 Å². The molecule has 0 bridgehead atoms. The first kappa shape index (κ1) is 14.7. The van der Waals surface area contributed by atoms with Crippen LogP contribution in [0.2, 0.25) is 0 Å². The summed E-state index contributed by atoms with van der Waals surface area (Å²) in [7, 11) is 0. The van der Waals surface area contributed by atoms with Crippen LogP contribution in [0.15, 0.2) is 17.8 Å². The number of hydrogen-bond donors (Lipinski definition) is 2. The van der Waals surface area contributed by atoms with Gasteiger partial charge in [-0.15, -0.1) is 0 Å². The lowest BCUT2D eigenvalue weighted by Gasteiger charge is -2.60. The minimum absolute atomic E-state index is 0.183. The van der Waals surface area contributed by atoms with E-state index in [0.717, 1.165) is 43.3 Å². The quantitative estimate of drug-likeness (QED) is 0.761. The second-order valence-electron chi connectivity index (χ2n) is 9.02. The molecule has 5 atom stereocenters. The summed E-state index contributed by atoms with van der Waals surface area (Å²) >= 11 is 0. The van der Waals surface area contributed by atoms with E-state index in [9.17, 15) is 4.79 Å². The van der Waals surface area contributed by atoms with Crippen LogP contribution >= 0.6 is 0 Å². The molecule has 2 saturated carbocycles. The Balaban J connectivity index is 1.52. The summed E-state index contributed by atoms with van der Waals surface area (Å²) in [5.41, 5.74) is 3.25. The SMILES string of the molecule is C[C@@]12CC[C@H]3[C@H](CCC4=CC(=O)CC[C@@]43C)[C@H]1Cc1cn[nH]c1N2. The Labute approximate surface area is 143 Å². The van der Waals surface area contributed by atoms with Crippen LogP contribution < -0.4 is 5.32 Å². The normalized spacial score (nSPS) is 43.7. The Bertz CT molecular complexity index is 735. The van der Waals surface area contributed by atoms with E-state index in [1.165, 1.54) is 30.4 Å². The Morgan fingerprint density at radius 2 is 2.04 bits per heavy atom. The zero-order chi connectivity index (χ0) is 16.5. The number of nitrogens with zero attached hydrogens (tertiary/aromatic N) is 1. The predicted octanol–water partition coefficient (Wildman–Crippen LogP) is 3.87. The fraction of sp³-hybridized carbons (Fsp3) is 0.700. The van der Waals surface area contributed by atoms with Gasteiger partial charge in [-0.2, -0.15) is 5.10 Å². The number of rotatable bonds is 0. The second kappa shape index (κ2) is 4.74. The number of aromatic amines is 1. The molecular formula is C20H27N3O. The number of carbonyl (C=O) groups excluding carboxylic acids is 1. The maximum Gasteiger partial charge on any atom is 0.155 e. The highest BCUT2D eigenvalue weighted by Crippen LogP contribution is 2.61. The molecule has 2 heterocycles. The molecule has 0 radical (unpaired) electrons. The Hall–Kier alpha value is -1.58. The predicted molar refractivity (Wildman–Crippen MR) is 93.7 cm³/mol. The highest BCUT2D eigenvalue weighted by Gasteiger charge is 2.56. The van der Waals surface area contributed by atoms with Gasteiger partial charge < -0.3 is 5.32 Å². The standard InChI is InChI=1S/C20H27N3O/c1-19-7-5-14(24)10-13(19)3-4-15-16(19)6-8-20(2)17(15)9-12-11-21-23-18(12)22-20/h10-11,15-17H,3-9H2,1-2H3,(H2,21,22,23)/t15-,16-,17+,19-,20+/m0/s1.